The van der Waals surface area contributed by atoms with E-state index >= 15 is 0 Å². The van der Waals surface area contributed by atoms with Crippen LogP contribution in [0.25, 0.3) is 0 Å². The zero-order valence-corrected chi connectivity index (χ0v) is 13.5. The van der Waals surface area contributed by atoms with Crippen molar-refractivity contribution in [3.63, 3.8) is 0 Å². The molecule has 1 aromatic heterocycles. The van der Waals surface area contributed by atoms with E-state index in [2.05, 4.69) is 16.3 Å². The van der Waals surface area contributed by atoms with Crippen LogP contribution in [0.5, 0.6) is 0 Å². The molecule has 1 atom stereocenters. The second-order valence-corrected chi connectivity index (χ2v) is 7.09. The number of benzene rings is 1. The number of nitrogens with one attached hydrogen (secondary N) is 1. The van der Waals surface area contributed by atoms with E-state index in [0.29, 0.717) is 5.56 Å². The van der Waals surface area contributed by atoms with Gasteiger partial charge in [0.1, 0.15) is 5.82 Å². The van der Waals surface area contributed by atoms with Crippen LogP contribution in [0.1, 0.15) is 22.0 Å². The zero-order valence-electron chi connectivity index (χ0n) is 11.9. The molecule has 1 fully saturated rings. The summed E-state index contributed by atoms with van der Waals surface area (Å²) in [6.45, 7) is 5.63. The normalized spacial score (nSPS) is 17.9. The Morgan fingerprint density at radius 3 is 2.62 bits per heavy atom. The Labute approximate surface area is 133 Å². The number of hydrogen-bond donors (Lipinski definition) is 1. The maximum atomic E-state index is 14.0. The minimum Gasteiger partial charge on any atom is -0.314 e. The van der Waals surface area contributed by atoms with E-state index in [1.807, 2.05) is 18.2 Å². The number of nitrogens with zero attached hydrogens (tertiary/aromatic N) is 1. The van der Waals surface area contributed by atoms with Crippen molar-refractivity contribution in [2.24, 2.45) is 0 Å². The van der Waals surface area contributed by atoms with Gasteiger partial charge < -0.3 is 5.32 Å². The van der Waals surface area contributed by atoms with Crippen LogP contribution in [0.3, 0.4) is 0 Å². The Morgan fingerprint density at radius 2 is 2.00 bits per heavy atom. The van der Waals surface area contributed by atoms with Crippen LogP contribution in [0.15, 0.2) is 30.3 Å². The molecule has 5 heteroatoms. The summed E-state index contributed by atoms with van der Waals surface area (Å²) in [4.78, 5) is 3.56. The molecule has 2 aromatic rings. The van der Waals surface area contributed by atoms with E-state index in [0.717, 1.165) is 36.1 Å². The Bertz CT molecular complexity index is 622. The molecule has 0 bridgehead atoms. The van der Waals surface area contributed by atoms with Crippen molar-refractivity contribution < 1.29 is 4.39 Å². The minimum atomic E-state index is -0.143. The molecule has 0 amide bonds. The molecule has 1 aliphatic heterocycles. The third-order valence-corrected chi connectivity index (χ3v) is 5.18. The maximum absolute atomic E-state index is 14.0. The first-order valence-electron chi connectivity index (χ1n) is 7.11. The van der Waals surface area contributed by atoms with Gasteiger partial charge in [-0.15, -0.1) is 11.3 Å². The van der Waals surface area contributed by atoms with E-state index in [-0.39, 0.29) is 11.9 Å². The second kappa shape index (κ2) is 6.44. The largest absolute Gasteiger partial charge is 0.314 e. The van der Waals surface area contributed by atoms with Gasteiger partial charge in [0.2, 0.25) is 0 Å². The van der Waals surface area contributed by atoms with E-state index in [4.69, 9.17) is 11.6 Å². The summed E-state index contributed by atoms with van der Waals surface area (Å²) in [5.74, 6) is -0.143. The highest BCUT2D eigenvalue weighted by Crippen LogP contribution is 2.35. The Morgan fingerprint density at radius 1 is 1.24 bits per heavy atom. The summed E-state index contributed by atoms with van der Waals surface area (Å²) < 4.78 is 14.7. The molecule has 1 saturated heterocycles. The van der Waals surface area contributed by atoms with Crippen LogP contribution < -0.4 is 5.32 Å². The van der Waals surface area contributed by atoms with Gasteiger partial charge in [0.25, 0.3) is 0 Å². The van der Waals surface area contributed by atoms with Crippen molar-refractivity contribution in [2.75, 3.05) is 26.2 Å². The van der Waals surface area contributed by atoms with Gasteiger partial charge in [0.15, 0.2) is 0 Å². The highest BCUT2D eigenvalue weighted by molar-refractivity contribution is 7.16. The third-order valence-electron chi connectivity index (χ3n) is 3.89. The number of thiophene rings is 1. The summed E-state index contributed by atoms with van der Waals surface area (Å²) in [7, 11) is 0. The van der Waals surface area contributed by atoms with Crippen LogP contribution in [-0.2, 0) is 0 Å². The van der Waals surface area contributed by atoms with Gasteiger partial charge in [-0.1, -0.05) is 23.7 Å². The van der Waals surface area contributed by atoms with E-state index in [9.17, 15) is 4.39 Å². The van der Waals surface area contributed by atoms with Gasteiger partial charge in [-0.05, 0) is 36.2 Å². The van der Waals surface area contributed by atoms with Crippen LogP contribution in [0, 0.1) is 12.7 Å². The van der Waals surface area contributed by atoms with Crippen LogP contribution in [-0.4, -0.2) is 31.1 Å². The predicted octanol–water partition coefficient (Wildman–Crippen LogP) is 3.84. The molecule has 0 aliphatic carbocycles. The van der Waals surface area contributed by atoms with Gasteiger partial charge in [-0.3, -0.25) is 4.90 Å². The molecular formula is C16H18ClFN2S. The number of rotatable bonds is 3. The maximum Gasteiger partial charge on any atom is 0.126 e. The number of piperazine rings is 1. The molecule has 0 radical (unpaired) electrons. The fraction of sp³-hybridized carbons (Fsp3) is 0.375. The highest BCUT2D eigenvalue weighted by atomic mass is 35.5. The van der Waals surface area contributed by atoms with Gasteiger partial charge in [0, 0.05) is 31.1 Å². The molecule has 1 N–H and O–H groups in total. The Balaban J connectivity index is 2.00. The van der Waals surface area contributed by atoms with Crippen molar-refractivity contribution in [3.05, 3.63) is 56.5 Å². The van der Waals surface area contributed by atoms with Gasteiger partial charge in [-0.2, -0.15) is 0 Å². The fourth-order valence-corrected chi connectivity index (χ4v) is 3.97. The number of hydrogen-bond acceptors (Lipinski definition) is 3. The summed E-state index contributed by atoms with van der Waals surface area (Å²) in [6, 6.07) is 9.60. The molecule has 0 spiro atoms. The van der Waals surface area contributed by atoms with Crippen molar-refractivity contribution in [2.45, 2.75) is 13.0 Å². The summed E-state index contributed by atoms with van der Waals surface area (Å²) in [5, 5.41) is 3.36. The monoisotopic (exact) mass is 324 g/mol. The third kappa shape index (κ3) is 3.29. The molecular weight excluding hydrogens is 307 g/mol. The molecule has 0 unspecified atom stereocenters. The second-order valence-electron chi connectivity index (χ2n) is 5.34. The smallest absolute Gasteiger partial charge is 0.126 e. The van der Waals surface area contributed by atoms with E-state index in [1.165, 1.54) is 4.88 Å². The first kappa shape index (κ1) is 15.0. The topological polar surface area (TPSA) is 15.3 Å². The predicted molar refractivity (Wildman–Crippen MR) is 86.8 cm³/mol. The average molecular weight is 325 g/mol. The number of aryl methyl sites for hydroxylation is 1. The van der Waals surface area contributed by atoms with Gasteiger partial charge in [-0.25, -0.2) is 4.39 Å². The minimum absolute atomic E-state index is 0.0831. The van der Waals surface area contributed by atoms with Crippen molar-refractivity contribution >= 4 is 22.9 Å². The van der Waals surface area contributed by atoms with Crippen LogP contribution in [0.4, 0.5) is 4.39 Å². The standard InChI is InChI=1S/C16H18ClFN2S/c1-11-2-3-12(10-13(11)18)16(14-4-5-15(17)21-14)20-8-6-19-7-9-20/h2-5,10,16,19H,6-9H2,1H3/t16-/m0/s1. The molecule has 112 valence electrons. The van der Waals surface area contributed by atoms with Crippen molar-refractivity contribution in [1.29, 1.82) is 0 Å². The van der Waals surface area contributed by atoms with Crippen LogP contribution in [0.2, 0.25) is 4.34 Å². The fourth-order valence-electron chi connectivity index (χ4n) is 2.75. The lowest BCUT2D eigenvalue weighted by Crippen LogP contribution is -2.45. The summed E-state index contributed by atoms with van der Waals surface area (Å²) in [6.07, 6.45) is 0. The van der Waals surface area contributed by atoms with E-state index in [1.54, 1.807) is 24.3 Å². The summed E-state index contributed by atoms with van der Waals surface area (Å²) in [5.41, 5.74) is 1.68. The molecule has 21 heavy (non-hydrogen) atoms. The quantitative estimate of drug-likeness (QED) is 0.922. The lowest BCUT2D eigenvalue weighted by Gasteiger charge is -2.34. The van der Waals surface area contributed by atoms with E-state index < -0.39 is 0 Å². The van der Waals surface area contributed by atoms with Crippen LogP contribution >= 0.6 is 22.9 Å². The lowest BCUT2D eigenvalue weighted by molar-refractivity contribution is 0.200. The first-order chi connectivity index (χ1) is 10.1. The number of halogens is 2. The van der Waals surface area contributed by atoms with Gasteiger partial charge in [0.05, 0.1) is 10.4 Å². The van der Waals surface area contributed by atoms with Crippen molar-refractivity contribution in [1.82, 2.24) is 10.2 Å². The highest BCUT2D eigenvalue weighted by Gasteiger charge is 2.25. The Hall–Kier alpha value is -0.940. The zero-order chi connectivity index (χ0) is 14.8. The van der Waals surface area contributed by atoms with Gasteiger partial charge >= 0.3 is 0 Å². The SMILES string of the molecule is Cc1ccc([C@@H](c2ccc(Cl)s2)N2CCNCC2)cc1F. The molecule has 1 aromatic carbocycles. The first-order valence-corrected chi connectivity index (χ1v) is 8.30. The summed E-state index contributed by atoms with van der Waals surface area (Å²) >= 11 is 7.68. The average Bonchev–Trinajstić information content (AvgIpc) is 2.90. The molecule has 1 aliphatic rings. The molecule has 2 nitrogen and oxygen atoms in total. The van der Waals surface area contributed by atoms with Crippen molar-refractivity contribution in [3.8, 4) is 0 Å². The lowest BCUT2D eigenvalue weighted by atomic mass is 10.0. The molecule has 0 saturated carbocycles. The molecule has 2 heterocycles. The molecule has 3 rings (SSSR count). The Kier molecular flexibility index (Phi) is 4.60.